The van der Waals surface area contributed by atoms with E-state index < -0.39 is 11.6 Å². The second-order valence-corrected chi connectivity index (χ2v) is 7.20. The van der Waals surface area contributed by atoms with Gasteiger partial charge in [0.15, 0.2) is 5.60 Å². The van der Waals surface area contributed by atoms with Crippen molar-refractivity contribution in [3.05, 3.63) is 65.0 Å². The Kier molecular flexibility index (Phi) is 7.36. The van der Waals surface area contributed by atoms with Crippen molar-refractivity contribution < 1.29 is 19.0 Å². The van der Waals surface area contributed by atoms with Crippen LogP contribution in [0.4, 0.5) is 4.39 Å². The lowest BCUT2D eigenvalue weighted by atomic mass is 10.1. The molecule has 2 aromatic carbocycles. The molecule has 0 bridgehead atoms. The largest absolute Gasteiger partial charge is 0.478 e. The molecule has 0 unspecified atom stereocenters. The van der Waals surface area contributed by atoms with Crippen LogP contribution in [0.25, 0.3) is 0 Å². The number of carbonyl (C=O) groups is 1. The lowest BCUT2D eigenvalue weighted by Crippen LogP contribution is -2.37. The summed E-state index contributed by atoms with van der Waals surface area (Å²) in [6, 6.07) is 12.7. The molecular weight excluding hydrogens is 345 g/mol. The van der Waals surface area contributed by atoms with Gasteiger partial charge in [-0.05, 0) is 88.0 Å². The molecule has 0 aliphatic rings. The lowest BCUT2D eigenvalue weighted by molar-refractivity contribution is -0.152. The van der Waals surface area contributed by atoms with Gasteiger partial charge in [0.25, 0.3) is 0 Å². The number of benzene rings is 2. The Hall–Kier alpha value is -2.40. The average Bonchev–Trinajstić information content (AvgIpc) is 2.61. The van der Waals surface area contributed by atoms with Gasteiger partial charge in [0.05, 0.1) is 0 Å². The fourth-order valence-electron chi connectivity index (χ4n) is 2.80. The van der Waals surface area contributed by atoms with Gasteiger partial charge < -0.3 is 15.2 Å². The first kappa shape index (κ1) is 20.9. The molecule has 0 atom stereocenters. The predicted octanol–water partition coefficient (Wildman–Crippen LogP) is 4.14. The minimum Gasteiger partial charge on any atom is -0.478 e. The van der Waals surface area contributed by atoms with Crippen LogP contribution in [0.15, 0.2) is 42.5 Å². The summed E-state index contributed by atoms with van der Waals surface area (Å²) in [5.74, 6) is -0.585. The van der Waals surface area contributed by atoms with Crippen LogP contribution < -0.4 is 10.1 Å². The van der Waals surface area contributed by atoms with Crippen LogP contribution in [0.2, 0.25) is 0 Å². The van der Waals surface area contributed by atoms with Crippen molar-refractivity contribution in [3.63, 3.8) is 0 Å². The van der Waals surface area contributed by atoms with E-state index in [1.165, 1.54) is 25.5 Å². The molecule has 0 amide bonds. The molecule has 0 aromatic heterocycles. The zero-order valence-corrected chi connectivity index (χ0v) is 16.2. The van der Waals surface area contributed by atoms with Gasteiger partial charge in [0.1, 0.15) is 11.6 Å². The second-order valence-electron chi connectivity index (χ2n) is 7.20. The van der Waals surface area contributed by atoms with E-state index in [0.717, 1.165) is 37.1 Å². The molecule has 2 aromatic rings. The fourth-order valence-corrected chi connectivity index (χ4v) is 2.80. The Morgan fingerprint density at radius 1 is 1.11 bits per heavy atom. The molecule has 0 heterocycles. The van der Waals surface area contributed by atoms with Gasteiger partial charge in [-0.25, -0.2) is 9.18 Å². The molecule has 0 radical (unpaired) electrons. The highest BCUT2D eigenvalue weighted by atomic mass is 19.1. The summed E-state index contributed by atoms with van der Waals surface area (Å²) in [6.45, 7) is 6.59. The molecule has 0 fully saturated rings. The standard InChI is InChI=1S/C22H28FNO3/c1-16-6-4-8-20(23)19(16)13-15-24-14-5-7-17-9-11-18(12-10-17)27-22(2,3)21(25)26/h4,6,8-12,24H,5,7,13-15H2,1-3H3,(H,25,26). The third-order valence-electron chi connectivity index (χ3n) is 4.54. The molecule has 0 saturated heterocycles. The van der Waals surface area contributed by atoms with Crippen LogP contribution in [0.1, 0.15) is 37.0 Å². The molecule has 146 valence electrons. The molecule has 0 spiro atoms. The maximum absolute atomic E-state index is 13.8. The highest BCUT2D eigenvalue weighted by Gasteiger charge is 2.29. The maximum Gasteiger partial charge on any atom is 0.347 e. The zero-order chi connectivity index (χ0) is 19.9. The smallest absolute Gasteiger partial charge is 0.347 e. The van der Waals surface area contributed by atoms with Crippen LogP contribution in [-0.2, 0) is 17.6 Å². The first-order valence-electron chi connectivity index (χ1n) is 9.25. The van der Waals surface area contributed by atoms with E-state index >= 15 is 0 Å². The number of aliphatic carboxylic acids is 1. The Bertz CT molecular complexity index is 736. The predicted molar refractivity (Wildman–Crippen MR) is 105 cm³/mol. The van der Waals surface area contributed by atoms with E-state index in [9.17, 15) is 9.18 Å². The monoisotopic (exact) mass is 373 g/mol. The van der Waals surface area contributed by atoms with Crippen molar-refractivity contribution in [2.45, 2.75) is 45.6 Å². The number of nitrogens with one attached hydrogen (secondary N) is 1. The topological polar surface area (TPSA) is 58.6 Å². The fraction of sp³-hybridized carbons (Fsp3) is 0.409. The summed E-state index contributed by atoms with van der Waals surface area (Å²) >= 11 is 0. The van der Waals surface area contributed by atoms with Crippen molar-refractivity contribution in [3.8, 4) is 5.75 Å². The zero-order valence-electron chi connectivity index (χ0n) is 16.2. The Morgan fingerprint density at radius 3 is 2.44 bits per heavy atom. The number of carboxylic acid groups (broad SMARTS) is 1. The number of hydrogen-bond donors (Lipinski definition) is 2. The number of rotatable bonds is 10. The van der Waals surface area contributed by atoms with Gasteiger partial charge in [-0.15, -0.1) is 0 Å². The van der Waals surface area contributed by atoms with E-state index in [1.54, 1.807) is 18.2 Å². The summed E-state index contributed by atoms with van der Waals surface area (Å²) in [4.78, 5) is 11.1. The normalized spacial score (nSPS) is 11.4. The van der Waals surface area contributed by atoms with Gasteiger partial charge in [0.2, 0.25) is 0 Å². The molecule has 2 rings (SSSR count). The number of ether oxygens (including phenoxy) is 1. The Balaban J connectivity index is 1.69. The highest BCUT2D eigenvalue weighted by molar-refractivity contribution is 5.76. The van der Waals surface area contributed by atoms with Crippen molar-refractivity contribution in [1.29, 1.82) is 0 Å². The number of halogens is 1. The first-order chi connectivity index (χ1) is 12.8. The molecule has 4 nitrogen and oxygen atoms in total. The molecule has 5 heteroatoms. The summed E-state index contributed by atoms with van der Waals surface area (Å²) < 4.78 is 19.3. The summed E-state index contributed by atoms with van der Waals surface area (Å²) in [5, 5.41) is 12.5. The average molecular weight is 373 g/mol. The quantitative estimate of drug-likeness (QED) is 0.615. The van der Waals surface area contributed by atoms with E-state index in [-0.39, 0.29) is 5.82 Å². The van der Waals surface area contributed by atoms with Crippen molar-refractivity contribution in [1.82, 2.24) is 5.32 Å². The summed E-state index contributed by atoms with van der Waals surface area (Å²) in [5.41, 5.74) is 1.69. The number of hydrogen-bond acceptors (Lipinski definition) is 3. The summed E-state index contributed by atoms with van der Waals surface area (Å²) in [6.07, 6.45) is 2.56. The number of carboxylic acids is 1. The third kappa shape index (κ3) is 6.36. The summed E-state index contributed by atoms with van der Waals surface area (Å²) in [7, 11) is 0. The van der Waals surface area contributed by atoms with Crippen LogP contribution in [0.5, 0.6) is 5.75 Å². The first-order valence-corrected chi connectivity index (χ1v) is 9.25. The SMILES string of the molecule is Cc1cccc(F)c1CCNCCCc1ccc(OC(C)(C)C(=O)O)cc1. The van der Waals surface area contributed by atoms with E-state index in [2.05, 4.69) is 5.32 Å². The molecule has 0 aliphatic heterocycles. The second kappa shape index (κ2) is 9.51. The number of aryl methyl sites for hydroxylation is 2. The lowest BCUT2D eigenvalue weighted by Gasteiger charge is -2.21. The maximum atomic E-state index is 13.8. The van der Waals surface area contributed by atoms with Crippen molar-refractivity contribution in [2.24, 2.45) is 0 Å². The van der Waals surface area contributed by atoms with Crippen LogP contribution >= 0.6 is 0 Å². The minimum absolute atomic E-state index is 0.134. The van der Waals surface area contributed by atoms with Gasteiger partial charge >= 0.3 is 5.97 Å². The van der Waals surface area contributed by atoms with E-state index in [1.807, 2.05) is 25.1 Å². The van der Waals surface area contributed by atoms with E-state index in [4.69, 9.17) is 9.84 Å². The minimum atomic E-state index is -1.25. The molecule has 2 N–H and O–H groups in total. The van der Waals surface area contributed by atoms with Crippen LogP contribution in [0.3, 0.4) is 0 Å². The van der Waals surface area contributed by atoms with Gasteiger partial charge in [-0.3, -0.25) is 0 Å². The van der Waals surface area contributed by atoms with Gasteiger partial charge in [-0.1, -0.05) is 24.3 Å². The van der Waals surface area contributed by atoms with Crippen LogP contribution in [0, 0.1) is 12.7 Å². The van der Waals surface area contributed by atoms with Crippen LogP contribution in [-0.4, -0.2) is 29.8 Å². The van der Waals surface area contributed by atoms with E-state index in [0.29, 0.717) is 12.2 Å². The van der Waals surface area contributed by atoms with Gasteiger partial charge in [-0.2, -0.15) is 0 Å². The van der Waals surface area contributed by atoms with Gasteiger partial charge in [0, 0.05) is 0 Å². The van der Waals surface area contributed by atoms with Crippen molar-refractivity contribution >= 4 is 5.97 Å². The van der Waals surface area contributed by atoms with Crippen molar-refractivity contribution in [2.75, 3.05) is 13.1 Å². The molecule has 0 aliphatic carbocycles. The molecule has 0 saturated carbocycles. The molecule has 27 heavy (non-hydrogen) atoms. The molecular formula is C22H28FNO3. The Labute approximate surface area is 160 Å². The Morgan fingerprint density at radius 2 is 1.81 bits per heavy atom. The third-order valence-corrected chi connectivity index (χ3v) is 4.54. The highest BCUT2D eigenvalue weighted by Crippen LogP contribution is 2.19.